The number of hydrogen-bond donors (Lipinski definition) is 2. The highest BCUT2D eigenvalue weighted by Gasteiger charge is 2.23. The molecule has 0 saturated heterocycles. The first-order chi connectivity index (χ1) is 13.4. The molecule has 0 radical (unpaired) electrons. The van der Waals surface area contributed by atoms with Crippen LogP contribution in [0.1, 0.15) is 31.6 Å². The van der Waals surface area contributed by atoms with Crippen molar-refractivity contribution in [3.05, 3.63) is 34.8 Å². The van der Waals surface area contributed by atoms with Crippen LogP contribution in [0.3, 0.4) is 0 Å². The number of thiophene rings is 1. The Morgan fingerprint density at radius 3 is 2.79 bits per heavy atom. The number of anilines is 1. The van der Waals surface area contributed by atoms with Crippen molar-refractivity contribution in [2.75, 3.05) is 31.6 Å². The van der Waals surface area contributed by atoms with Gasteiger partial charge in [0.1, 0.15) is 11.5 Å². The van der Waals surface area contributed by atoms with Gasteiger partial charge in [-0.15, -0.1) is 11.3 Å². The van der Waals surface area contributed by atoms with Crippen LogP contribution in [0.5, 0.6) is 0 Å². The number of carbonyl (C=O) groups excluding carboxylic acids is 1. The Bertz CT molecular complexity index is 919. The van der Waals surface area contributed by atoms with Crippen LogP contribution in [0.15, 0.2) is 35.0 Å². The summed E-state index contributed by atoms with van der Waals surface area (Å²) in [6.45, 7) is 4.94. The predicted octanol–water partition coefficient (Wildman–Crippen LogP) is 3.09. The van der Waals surface area contributed by atoms with Gasteiger partial charge in [0.2, 0.25) is 0 Å². The van der Waals surface area contributed by atoms with Crippen molar-refractivity contribution in [2.45, 2.75) is 32.8 Å². The monoisotopic (exact) mass is 401 g/mol. The number of fused-ring (bicyclic) bond motifs is 1. The lowest BCUT2D eigenvalue weighted by Gasteiger charge is -2.26. The van der Waals surface area contributed by atoms with Gasteiger partial charge in [0.05, 0.1) is 12.7 Å². The Labute approximate surface area is 169 Å². The molecule has 1 amide bonds. The fourth-order valence-electron chi connectivity index (χ4n) is 3.14. The molecule has 1 aliphatic rings. The van der Waals surface area contributed by atoms with Crippen LogP contribution in [-0.2, 0) is 4.79 Å². The zero-order chi connectivity index (χ0) is 20.3. The van der Waals surface area contributed by atoms with Gasteiger partial charge in [-0.1, -0.05) is 19.4 Å². The summed E-state index contributed by atoms with van der Waals surface area (Å²) in [4.78, 5) is 21.2. The summed E-state index contributed by atoms with van der Waals surface area (Å²) in [5.74, 6) is 0.619. The summed E-state index contributed by atoms with van der Waals surface area (Å²) in [7, 11) is 1.73. The number of aliphatic hydroxyl groups excluding tert-OH is 2. The molecule has 1 unspecified atom stereocenters. The predicted molar refractivity (Wildman–Crippen MR) is 116 cm³/mol. The van der Waals surface area contributed by atoms with Crippen molar-refractivity contribution >= 4 is 44.9 Å². The molecule has 2 N–H and O–H groups in total. The average molecular weight is 402 g/mol. The van der Waals surface area contributed by atoms with Crippen LogP contribution in [0.4, 0.5) is 5.69 Å². The van der Waals surface area contributed by atoms with E-state index < -0.39 is 6.10 Å². The van der Waals surface area contributed by atoms with E-state index in [4.69, 9.17) is 0 Å². The third-order valence-electron chi connectivity index (χ3n) is 4.88. The first-order valence-electron chi connectivity index (χ1n) is 9.55. The molecule has 7 heteroatoms. The Morgan fingerprint density at radius 2 is 2.14 bits per heavy atom. The number of unbranched alkanes of at least 4 members (excludes halogenated alkanes) is 1. The van der Waals surface area contributed by atoms with Crippen LogP contribution >= 0.6 is 11.3 Å². The first-order valence-corrected chi connectivity index (χ1v) is 10.4. The van der Waals surface area contributed by atoms with Gasteiger partial charge < -0.3 is 15.1 Å². The molecule has 2 aromatic rings. The molecule has 0 spiro atoms. The number of likely N-dealkylation sites (N-methyl/N-ethyl adjacent to an activating group) is 1. The largest absolute Gasteiger partial charge is 0.394 e. The van der Waals surface area contributed by atoms with Crippen molar-refractivity contribution in [3.63, 3.8) is 0 Å². The van der Waals surface area contributed by atoms with Crippen LogP contribution < -0.4 is 4.90 Å². The highest BCUT2D eigenvalue weighted by atomic mass is 32.1. The molecule has 28 heavy (non-hydrogen) atoms. The standard InChI is InChI=1S/C21H27N3O3S/c1-4-5-8-24(12-17(26)13-25)16-7-6-15-9-18(28-20(15)10-16)11-19-21(27)23(3)14(2)22-19/h6-7,9-11,17,25-26H,4-5,8,12-13H2,1-3H3/b19-11+. The number of aliphatic imine (C=N–C) groups is 1. The molecule has 3 rings (SSSR count). The molecular formula is C21H27N3O3S. The normalized spacial score (nSPS) is 16.9. The minimum absolute atomic E-state index is 0.0839. The first kappa shape index (κ1) is 20.5. The quantitative estimate of drug-likeness (QED) is 0.667. The topological polar surface area (TPSA) is 76.4 Å². The number of carbonyl (C=O) groups is 1. The third-order valence-corrected chi connectivity index (χ3v) is 5.93. The second-order valence-electron chi connectivity index (χ2n) is 7.06. The molecule has 150 valence electrons. The maximum atomic E-state index is 12.2. The number of benzene rings is 1. The summed E-state index contributed by atoms with van der Waals surface area (Å²) < 4.78 is 1.11. The molecule has 0 fully saturated rings. The molecule has 6 nitrogen and oxygen atoms in total. The van der Waals surface area contributed by atoms with Gasteiger partial charge in [-0.05, 0) is 43.0 Å². The van der Waals surface area contributed by atoms with E-state index in [1.807, 2.05) is 19.1 Å². The van der Waals surface area contributed by atoms with Gasteiger partial charge in [-0.25, -0.2) is 4.99 Å². The Balaban J connectivity index is 1.88. The van der Waals surface area contributed by atoms with E-state index in [-0.39, 0.29) is 12.5 Å². The minimum Gasteiger partial charge on any atom is -0.394 e. The maximum Gasteiger partial charge on any atom is 0.277 e. The number of hydrogen-bond acceptors (Lipinski definition) is 6. The highest BCUT2D eigenvalue weighted by molar-refractivity contribution is 7.19. The fourth-order valence-corrected chi connectivity index (χ4v) is 4.17. The van der Waals surface area contributed by atoms with Gasteiger partial charge in [0, 0.05) is 35.4 Å². The molecule has 1 aromatic carbocycles. The summed E-state index contributed by atoms with van der Waals surface area (Å²) in [6.07, 6.45) is 3.16. The van der Waals surface area contributed by atoms with E-state index in [1.165, 1.54) is 0 Å². The molecule has 2 heterocycles. The van der Waals surface area contributed by atoms with E-state index in [0.29, 0.717) is 18.1 Å². The number of nitrogens with zero attached hydrogens (tertiary/aromatic N) is 3. The lowest BCUT2D eigenvalue weighted by Crippen LogP contribution is -2.35. The summed E-state index contributed by atoms with van der Waals surface area (Å²) in [5.41, 5.74) is 1.49. The molecule has 1 atom stereocenters. The van der Waals surface area contributed by atoms with Gasteiger partial charge in [-0.2, -0.15) is 0 Å². The number of amides is 1. The van der Waals surface area contributed by atoms with E-state index in [0.717, 1.165) is 40.0 Å². The number of aliphatic hydroxyl groups is 2. The highest BCUT2D eigenvalue weighted by Crippen LogP contribution is 2.32. The molecule has 0 aliphatic carbocycles. The van der Waals surface area contributed by atoms with E-state index in [2.05, 4.69) is 35.0 Å². The second kappa shape index (κ2) is 8.86. The van der Waals surface area contributed by atoms with Gasteiger partial charge >= 0.3 is 0 Å². The van der Waals surface area contributed by atoms with Gasteiger partial charge in [0.15, 0.2) is 0 Å². The van der Waals surface area contributed by atoms with E-state index in [1.54, 1.807) is 23.3 Å². The van der Waals surface area contributed by atoms with Crippen molar-refractivity contribution in [1.82, 2.24) is 4.90 Å². The molecule has 0 saturated carbocycles. The van der Waals surface area contributed by atoms with Crippen LogP contribution in [0.25, 0.3) is 16.2 Å². The van der Waals surface area contributed by atoms with Gasteiger partial charge in [0.25, 0.3) is 5.91 Å². The lowest BCUT2D eigenvalue weighted by atomic mass is 10.2. The van der Waals surface area contributed by atoms with Crippen molar-refractivity contribution in [2.24, 2.45) is 4.99 Å². The van der Waals surface area contributed by atoms with E-state index >= 15 is 0 Å². The van der Waals surface area contributed by atoms with Crippen molar-refractivity contribution in [3.8, 4) is 0 Å². The van der Waals surface area contributed by atoms with Crippen LogP contribution in [0.2, 0.25) is 0 Å². The van der Waals surface area contributed by atoms with E-state index in [9.17, 15) is 15.0 Å². The SMILES string of the molecule is CCCCN(CC(O)CO)c1ccc2cc(/C=C3/N=C(C)N(C)C3=O)sc2c1. The molecule has 0 bridgehead atoms. The summed E-state index contributed by atoms with van der Waals surface area (Å²) in [5, 5.41) is 20.2. The number of rotatable bonds is 8. The lowest BCUT2D eigenvalue weighted by molar-refractivity contribution is -0.121. The van der Waals surface area contributed by atoms with Gasteiger partial charge in [-0.3, -0.25) is 9.69 Å². The second-order valence-corrected chi connectivity index (χ2v) is 8.17. The summed E-state index contributed by atoms with van der Waals surface area (Å²) >= 11 is 1.61. The Kier molecular flexibility index (Phi) is 6.49. The zero-order valence-corrected chi connectivity index (χ0v) is 17.4. The Hall–Kier alpha value is -2.22. The van der Waals surface area contributed by atoms with Crippen LogP contribution in [0, 0.1) is 0 Å². The molecular weight excluding hydrogens is 374 g/mol. The summed E-state index contributed by atoms with van der Waals surface area (Å²) in [6, 6.07) is 8.28. The smallest absolute Gasteiger partial charge is 0.277 e. The molecule has 1 aromatic heterocycles. The zero-order valence-electron chi connectivity index (χ0n) is 16.6. The fraction of sp³-hybridized carbons (Fsp3) is 0.429. The van der Waals surface area contributed by atoms with Crippen molar-refractivity contribution in [1.29, 1.82) is 0 Å². The number of amidine groups is 1. The molecule has 1 aliphatic heterocycles. The average Bonchev–Trinajstić information content (AvgIpc) is 3.20. The van der Waals surface area contributed by atoms with Crippen molar-refractivity contribution < 1.29 is 15.0 Å². The van der Waals surface area contributed by atoms with Crippen LogP contribution in [-0.4, -0.2) is 59.7 Å². The third kappa shape index (κ3) is 4.43. The maximum absolute atomic E-state index is 12.2. The minimum atomic E-state index is -0.761. The Morgan fingerprint density at radius 1 is 1.36 bits per heavy atom.